The predicted molar refractivity (Wildman–Crippen MR) is 116 cm³/mol. The van der Waals surface area contributed by atoms with Crippen molar-refractivity contribution in [3.8, 4) is 0 Å². The highest BCUT2D eigenvalue weighted by molar-refractivity contribution is 7.13. The fraction of sp³-hybridized carbons (Fsp3) is 0.682. The predicted octanol–water partition coefficient (Wildman–Crippen LogP) is 5.66. The van der Waals surface area contributed by atoms with Crippen LogP contribution < -0.4 is 0 Å². The van der Waals surface area contributed by atoms with Crippen molar-refractivity contribution < 1.29 is 33.3 Å². The first-order valence-corrected chi connectivity index (χ1v) is 11.8. The first kappa shape index (κ1) is 26.2. The number of halogens is 4. The lowest BCUT2D eigenvalue weighted by molar-refractivity contribution is -0.181. The molecule has 1 saturated carbocycles. The monoisotopic (exact) mass is 482 g/mol. The molecule has 1 aliphatic carbocycles. The fourth-order valence-corrected chi connectivity index (χ4v) is 5.60. The van der Waals surface area contributed by atoms with E-state index in [2.05, 4.69) is 0 Å². The molecule has 0 amide bonds. The van der Waals surface area contributed by atoms with Crippen molar-refractivity contribution in [2.45, 2.75) is 75.6 Å². The van der Waals surface area contributed by atoms with Gasteiger partial charge < -0.3 is 15.3 Å². The summed E-state index contributed by atoms with van der Waals surface area (Å²) >= 11 is 7.51. The van der Waals surface area contributed by atoms with Crippen molar-refractivity contribution >= 4 is 28.9 Å². The molecule has 9 heteroatoms. The van der Waals surface area contributed by atoms with Crippen LogP contribution in [0.4, 0.5) is 13.2 Å². The molecular formula is C22H30ClF3O4S. The van der Waals surface area contributed by atoms with E-state index in [9.17, 15) is 28.2 Å². The van der Waals surface area contributed by atoms with Crippen molar-refractivity contribution in [2.24, 2.45) is 17.8 Å². The van der Waals surface area contributed by atoms with Gasteiger partial charge in [0.1, 0.15) is 4.88 Å². The minimum Gasteiger partial charge on any atom is -0.477 e. The second-order valence-electron chi connectivity index (χ2n) is 8.34. The zero-order valence-electron chi connectivity index (χ0n) is 17.4. The van der Waals surface area contributed by atoms with E-state index in [1.165, 1.54) is 29.6 Å². The van der Waals surface area contributed by atoms with E-state index >= 15 is 0 Å². The first-order valence-electron chi connectivity index (χ1n) is 10.6. The number of hydrogen-bond acceptors (Lipinski definition) is 4. The van der Waals surface area contributed by atoms with Crippen LogP contribution in [0.25, 0.3) is 0 Å². The van der Waals surface area contributed by atoms with Crippen LogP contribution in [0.15, 0.2) is 24.3 Å². The van der Waals surface area contributed by atoms with Crippen LogP contribution in [0.2, 0.25) is 0 Å². The van der Waals surface area contributed by atoms with Crippen LogP contribution in [-0.2, 0) is 6.42 Å². The van der Waals surface area contributed by atoms with Crippen LogP contribution in [0.1, 0.15) is 60.0 Å². The van der Waals surface area contributed by atoms with Gasteiger partial charge >= 0.3 is 12.1 Å². The van der Waals surface area contributed by atoms with Crippen molar-refractivity contribution in [1.29, 1.82) is 0 Å². The molecule has 0 aromatic carbocycles. The summed E-state index contributed by atoms with van der Waals surface area (Å²) in [4.78, 5) is 12.1. The topological polar surface area (TPSA) is 77.8 Å². The van der Waals surface area contributed by atoms with Crippen molar-refractivity contribution in [1.82, 2.24) is 0 Å². The van der Waals surface area contributed by atoms with E-state index in [0.29, 0.717) is 38.5 Å². The standard InChI is InChI=1S/C22H30ClF3O4S/c1-13(27)4-2-5-14(28)8-10-16-17(19(23)12-18(16)22(24,25)26)7-3-6-15-9-11-20(31-15)21(29)30/h8-11,13-14,16-19,27-28H,2-7,12H2,1H3,(H,29,30)/t13-,14+,16-,17-,18-,19-/m1/s1. The van der Waals surface area contributed by atoms with Crippen LogP contribution in [0, 0.1) is 17.8 Å². The number of carbonyl (C=O) groups is 1. The highest BCUT2D eigenvalue weighted by Crippen LogP contribution is 2.50. The van der Waals surface area contributed by atoms with Gasteiger partial charge in [-0.05, 0) is 75.8 Å². The number of carboxylic acids is 1. The van der Waals surface area contributed by atoms with E-state index in [1.54, 1.807) is 13.0 Å². The van der Waals surface area contributed by atoms with Gasteiger partial charge in [-0.3, -0.25) is 0 Å². The molecule has 1 aliphatic rings. The summed E-state index contributed by atoms with van der Waals surface area (Å²) in [6.45, 7) is 1.65. The Balaban J connectivity index is 2.00. The van der Waals surface area contributed by atoms with Gasteiger partial charge in [-0.15, -0.1) is 22.9 Å². The summed E-state index contributed by atoms with van der Waals surface area (Å²) in [6, 6.07) is 3.27. The third-order valence-electron chi connectivity index (χ3n) is 5.83. The Morgan fingerprint density at radius 2 is 2.00 bits per heavy atom. The highest BCUT2D eigenvalue weighted by atomic mass is 35.5. The van der Waals surface area contributed by atoms with Gasteiger partial charge in [0.05, 0.1) is 18.1 Å². The molecule has 2 rings (SSSR count). The van der Waals surface area contributed by atoms with E-state index in [1.807, 2.05) is 0 Å². The van der Waals surface area contributed by atoms with Crippen molar-refractivity contribution in [3.05, 3.63) is 34.0 Å². The Hall–Kier alpha value is -1.09. The molecule has 31 heavy (non-hydrogen) atoms. The smallest absolute Gasteiger partial charge is 0.392 e. The summed E-state index contributed by atoms with van der Waals surface area (Å²) in [5.74, 6) is -3.70. The maximum Gasteiger partial charge on any atom is 0.392 e. The minimum absolute atomic E-state index is 0.148. The Morgan fingerprint density at radius 1 is 1.29 bits per heavy atom. The van der Waals surface area contributed by atoms with Crippen LogP contribution in [-0.4, -0.2) is 45.1 Å². The number of aromatic carboxylic acids is 1. The quantitative estimate of drug-likeness (QED) is 0.281. The largest absolute Gasteiger partial charge is 0.477 e. The second kappa shape index (κ2) is 11.7. The van der Waals surface area contributed by atoms with E-state index < -0.39 is 41.6 Å². The Bertz CT molecular complexity index is 735. The van der Waals surface area contributed by atoms with Gasteiger partial charge in [-0.25, -0.2) is 4.79 Å². The van der Waals surface area contributed by atoms with Crippen molar-refractivity contribution in [3.63, 3.8) is 0 Å². The SMILES string of the molecule is C[C@@H](O)CCC[C@H](O)C=C[C@@H]1[C@@H](CCCc2ccc(C(=O)O)s2)[C@H](Cl)C[C@H]1C(F)(F)F. The van der Waals surface area contributed by atoms with Crippen LogP contribution in [0.3, 0.4) is 0 Å². The summed E-state index contributed by atoms with van der Waals surface area (Å²) in [5, 5.41) is 27.8. The third kappa shape index (κ3) is 8.08. The fourth-order valence-electron chi connectivity index (χ4n) is 4.23. The van der Waals surface area contributed by atoms with Crippen LogP contribution >= 0.6 is 22.9 Å². The number of alkyl halides is 4. The second-order valence-corrected chi connectivity index (χ2v) is 10.1. The number of thiophene rings is 1. The van der Waals surface area contributed by atoms with Gasteiger partial charge in [0, 0.05) is 10.3 Å². The van der Waals surface area contributed by atoms with Gasteiger partial charge in [-0.1, -0.05) is 12.2 Å². The zero-order valence-corrected chi connectivity index (χ0v) is 19.0. The number of aryl methyl sites for hydroxylation is 1. The lowest BCUT2D eigenvalue weighted by atomic mass is 9.85. The molecule has 1 fully saturated rings. The Labute approximate surface area is 189 Å². The maximum absolute atomic E-state index is 13.6. The number of hydrogen-bond donors (Lipinski definition) is 3. The summed E-state index contributed by atoms with van der Waals surface area (Å²) < 4.78 is 40.8. The number of rotatable bonds is 11. The highest BCUT2D eigenvalue weighted by Gasteiger charge is 2.53. The summed E-state index contributed by atoms with van der Waals surface area (Å²) in [6.07, 6.45) is 0.251. The molecule has 0 bridgehead atoms. The molecule has 1 aromatic rings. The Morgan fingerprint density at radius 3 is 2.58 bits per heavy atom. The van der Waals surface area contributed by atoms with Gasteiger partial charge in [0.15, 0.2) is 0 Å². The molecule has 176 valence electrons. The molecule has 0 unspecified atom stereocenters. The third-order valence-corrected chi connectivity index (χ3v) is 7.47. The Kier molecular flexibility index (Phi) is 9.86. The van der Waals surface area contributed by atoms with Gasteiger partial charge in [0.25, 0.3) is 0 Å². The zero-order chi connectivity index (χ0) is 23.2. The van der Waals surface area contributed by atoms with E-state index in [4.69, 9.17) is 16.7 Å². The maximum atomic E-state index is 13.6. The van der Waals surface area contributed by atoms with E-state index in [0.717, 1.165) is 4.88 Å². The lowest BCUT2D eigenvalue weighted by Gasteiger charge is -2.24. The van der Waals surface area contributed by atoms with Gasteiger partial charge in [0.2, 0.25) is 0 Å². The number of aliphatic hydroxyl groups excluding tert-OH is 2. The molecule has 0 radical (unpaired) electrons. The molecule has 4 nitrogen and oxygen atoms in total. The number of allylic oxidation sites excluding steroid dienone is 1. The summed E-state index contributed by atoms with van der Waals surface area (Å²) in [5.41, 5.74) is 0. The molecule has 1 aromatic heterocycles. The molecule has 0 saturated heterocycles. The van der Waals surface area contributed by atoms with Crippen molar-refractivity contribution in [2.75, 3.05) is 0 Å². The molecule has 3 N–H and O–H groups in total. The molecule has 6 atom stereocenters. The lowest BCUT2D eigenvalue weighted by Crippen LogP contribution is -2.28. The first-order chi connectivity index (χ1) is 14.5. The minimum atomic E-state index is -4.36. The number of carboxylic acid groups (broad SMARTS) is 1. The number of aliphatic hydroxyl groups is 2. The van der Waals surface area contributed by atoms with Crippen LogP contribution in [0.5, 0.6) is 0 Å². The molecule has 1 heterocycles. The summed E-state index contributed by atoms with van der Waals surface area (Å²) in [7, 11) is 0. The molecular weight excluding hydrogens is 453 g/mol. The van der Waals surface area contributed by atoms with E-state index in [-0.39, 0.29) is 17.2 Å². The average Bonchev–Trinajstić information content (AvgIpc) is 3.25. The normalized spacial score (nSPS) is 26.4. The molecule has 0 aliphatic heterocycles. The average molecular weight is 483 g/mol. The molecule has 0 spiro atoms. The van der Waals surface area contributed by atoms with Gasteiger partial charge in [-0.2, -0.15) is 13.2 Å².